The number of ketones is 1. The van der Waals surface area contributed by atoms with E-state index in [1.54, 1.807) is 60.4 Å². The Morgan fingerprint density at radius 1 is 0.933 bits per heavy atom. The highest BCUT2D eigenvalue weighted by molar-refractivity contribution is 7.89. The van der Waals surface area contributed by atoms with Crippen molar-refractivity contribution in [2.24, 2.45) is 0 Å². The summed E-state index contributed by atoms with van der Waals surface area (Å²) in [5, 5.41) is 0. The zero-order valence-electron chi connectivity index (χ0n) is 17.2. The van der Waals surface area contributed by atoms with Gasteiger partial charge in [0.25, 0.3) is 5.91 Å². The molecule has 1 fully saturated rings. The van der Waals surface area contributed by atoms with Crippen LogP contribution in [0, 0.1) is 6.92 Å². The molecule has 0 N–H and O–H groups in total. The van der Waals surface area contributed by atoms with E-state index in [4.69, 9.17) is 4.74 Å². The second-order valence-corrected chi connectivity index (χ2v) is 9.13. The number of aryl methyl sites for hydroxylation is 1. The van der Waals surface area contributed by atoms with Crippen molar-refractivity contribution < 1.29 is 22.7 Å². The second-order valence-electron chi connectivity index (χ2n) is 7.19. The number of sulfonamides is 1. The number of hydrogen-bond acceptors (Lipinski definition) is 5. The first kappa shape index (κ1) is 22.0. The number of amides is 1. The standard InChI is InChI=1S/C22H26N2O5S/c1-3-21(25)18-6-8-19(9-7-18)29-16-22(26)23-12-14-24(15-13-23)30(27,28)20-10-4-17(2)5-11-20/h4-11H,3,12-16H2,1-2H3. The summed E-state index contributed by atoms with van der Waals surface area (Å²) in [5.41, 5.74) is 1.61. The Balaban J connectivity index is 1.51. The Hall–Kier alpha value is -2.71. The Morgan fingerprint density at radius 3 is 2.10 bits per heavy atom. The maximum absolute atomic E-state index is 12.8. The normalized spacial score (nSPS) is 15.1. The molecule has 0 aromatic heterocycles. The van der Waals surface area contributed by atoms with Gasteiger partial charge in [-0.15, -0.1) is 0 Å². The van der Waals surface area contributed by atoms with Gasteiger partial charge in [-0.1, -0.05) is 24.6 Å². The molecule has 1 heterocycles. The molecule has 0 unspecified atom stereocenters. The molecule has 0 aliphatic carbocycles. The quantitative estimate of drug-likeness (QED) is 0.630. The van der Waals surface area contributed by atoms with E-state index < -0.39 is 10.0 Å². The third kappa shape index (κ3) is 5.06. The maximum Gasteiger partial charge on any atom is 0.260 e. The lowest BCUT2D eigenvalue weighted by Gasteiger charge is -2.34. The largest absolute Gasteiger partial charge is 0.484 e. The van der Waals surface area contributed by atoms with Crippen LogP contribution in [0.25, 0.3) is 0 Å². The van der Waals surface area contributed by atoms with E-state index in [1.165, 1.54) is 4.31 Å². The highest BCUT2D eigenvalue weighted by Gasteiger charge is 2.30. The summed E-state index contributed by atoms with van der Waals surface area (Å²) in [6.45, 7) is 4.70. The molecule has 0 saturated carbocycles. The van der Waals surface area contributed by atoms with Crippen LogP contribution in [-0.4, -0.2) is 62.1 Å². The van der Waals surface area contributed by atoms with E-state index in [1.807, 2.05) is 6.92 Å². The zero-order chi connectivity index (χ0) is 21.7. The topological polar surface area (TPSA) is 84.0 Å². The molecule has 160 valence electrons. The maximum atomic E-state index is 12.8. The smallest absolute Gasteiger partial charge is 0.260 e. The fourth-order valence-electron chi connectivity index (χ4n) is 3.21. The number of carbonyl (C=O) groups is 2. The summed E-state index contributed by atoms with van der Waals surface area (Å²) in [5.74, 6) is 0.365. The summed E-state index contributed by atoms with van der Waals surface area (Å²) in [6.07, 6.45) is 0.435. The van der Waals surface area contributed by atoms with Crippen molar-refractivity contribution >= 4 is 21.7 Å². The molecule has 0 atom stereocenters. The number of piperazine rings is 1. The molecule has 7 nitrogen and oxygen atoms in total. The average molecular weight is 431 g/mol. The molecule has 1 aliphatic rings. The molecule has 0 spiro atoms. The lowest BCUT2D eigenvalue weighted by atomic mass is 10.1. The zero-order valence-corrected chi connectivity index (χ0v) is 18.0. The van der Waals surface area contributed by atoms with Crippen molar-refractivity contribution in [1.29, 1.82) is 0 Å². The first-order chi connectivity index (χ1) is 14.3. The van der Waals surface area contributed by atoms with Crippen LogP contribution in [0.4, 0.5) is 0 Å². The van der Waals surface area contributed by atoms with E-state index in [2.05, 4.69) is 0 Å². The van der Waals surface area contributed by atoms with Crippen LogP contribution in [0.15, 0.2) is 53.4 Å². The Morgan fingerprint density at radius 2 is 1.53 bits per heavy atom. The van der Waals surface area contributed by atoms with Gasteiger partial charge in [0.15, 0.2) is 12.4 Å². The Kier molecular flexibility index (Phi) is 6.89. The summed E-state index contributed by atoms with van der Waals surface area (Å²) >= 11 is 0. The molecule has 30 heavy (non-hydrogen) atoms. The predicted octanol–water partition coefficient (Wildman–Crippen LogP) is 2.50. The molecule has 1 saturated heterocycles. The van der Waals surface area contributed by atoms with Gasteiger partial charge in [0.2, 0.25) is 10.0 Å². The van der Waals surface area contributed by atoms with Crippen LogP contribution in [0.1, 0.15) is 29.3 Å². The minimum atomic E-state index is -3.56. The van der Waals surface area contributed by atoms with E-state index in [-0.39, 0.29) is 36.3 Å². The molecule has 8 heteroatoms. The monoisotopic (exact) mass is 430 g/mol. The molecular formula is C22H26N2O5S. The van der Waals surface area contributed by atoms with E-state index in [0.29, 0.717) is 30.8 Å². The van der Waals surface area contributed by atoms with Gasteiger partial charge in [0, 0.05) is 38.2 Å². The van der Waals surface area contributed by atoms with Crippen molar-refractivity contribution in [3.63, 3.8) is 0 Å². The van der Waals surface area contributed by atoms with Gasteiger partial charge in [-0.2, -0.15) is 4.31 Å². The van der Waals surface area contributed by atoms with E-state index in [0.717, 1.165) is 5.56 Å². The number of carbonyl (C=O) groups excluding carboxylic acids is 2. The van der Waals surface area contributed by atoms with E-state index in [9.17, 15) is 18.0 Å². The summed E-state index contributed by atoms with van der Waals surface area (Å²) in [4.78, 5) is 26.0. The summed E-state index contributed by atoms with van der Waals surface area (Å²) in [7, 11) is -3.56. The van der Waals surface area contributed by atoms with Gasteiger partial charge < -0.3 is 9.64 Å². The van der Waals surface area contributed by atoms with Crippen LogP contribution in [-0.2, 0) is 14.8 Å². The van der Waals surface area contributed by atoms with Crippen LogP contribution in [0.3, 0.4) is 0 Å². The molecule has 2 aromatic rings. The van der Waals surface area contributed by atoms with Crippen LogP contribution in [0.5, 0.6) is 5.75 Å². The number of benzene rings is 2. The van der Waals surface area contributed by atoms with Crippen molar-refractivity contribution in [2.75, 3.05) is 32.8 Å². The highest BCUT2D eigenvalue weighted by Crippen LogP contribution is 2.19. The van der Waals surface area contributed by atoms with Gasteiger partial charge in [0.1, 0.15) is 5.75 Å². The van der Waals surface area contributed by atoms with Crippen LogP contribution < -0.4 is 4.74 Å². The van der Waals surface area contributed by atoms with Crippen LogP contribution >= 0.6 is 0 Å². The average Bonchev–Trinajstić information content (AvgIpc) is 2.77. The molecule has 1 aliphatic heterocycles. The number of rotatable bonds is 7. The first-order valence-corrected chi connectivity index (χ1v) is 11.4. The fraction of sp³-hybridized carbons (Fsp3) is 0.364. The van der Waals surface area contributed by atoms with E-state index >= 15 is 0 Å². The molecule has 1 amide bonds. The lowest BCUT2D eigenvalue weighted by Crippen LogP contribution is -2.51. The SMILES string of the molecule is CCC(=O)c1ccc(OCC(=O)N2CCN(S(=O)(=O)c3ccc(C)cc3)CC2)cc1. The van der Waals surface area contributed by atoms with Gasteiger partial charge in [-0.25, -0.2) is 8.42 Å². The molecular weight excluding hydrogens is 404 g/mol. The van der Waals surface area contributed by atoms with Gasteiger partial charge in [0.05, 0.1) is 4.90 Å². The number of nitrogens with zero attached hydrogens (tertiary/aromatic N) is 2. The van der Waals surface area contributed by atoms with Crippen molar-refractivity contribution in [3.8, 4) is 5.75 Å². The fourth-order valence-corrected chi connectivity index (χ4v) is 4.64. The third-order valence-corrected chi connectivity index (χ3v) is 7.02. The minimum Gasteiger partial charge on any atom is -0.484 e. The third-order valence-electron chi connectivity index (χ3n) is 5.11. The van der Waals surface area contributed by atoms with Crippen molar-refractivity contribution in [3.05, 3.63) is 59.7 Å². The first-order valence-electron chi connectivity index (χ1n) is 9.92. The van der Waals surface area contributed by atoms with Crippen molar-refractivity contribution in [2.45, 2.75) is 25.2 Å². The van der Waals surface area contributed by atoms with Gasteiger partial charge in [-0.3, -0.25) is 9.59 Å². The van der Waals surface area contributed by atoms with Crippen molar-refractivity contribution in [1.82, 2.24) is 9.21 Å². The van der Waals surface area contributed by atoms with Gasteiger partial charge in [-0.05, 0) is 43.3 Å². The number of Topliss-reactive ketones (excluding diaryl/α,β-unsaturated/α-hetero) is 1. The molecule has 3 rings (SSSR count). The summed E-state index contributed by atoms with van der Waals surface area (Å²) in [6, 6.07) is 13.5. The number of hydrogen-bond donors (Lipinski definition) is 0. The highest BCUT2D eigenvalue weighted by atomic mass is 32.2. The predicted molar refractivity (Wildman–Crippen MR) is 113 cm³/mol. The number of ether oxygens (including phenoxy) is 1. The second kappa shape index (κ2) is 9.40. The molecule has 0 bridgehead atoms. The van der Waals surface area contributed by atoms with Gasteiger partial charge >= 0.3 is 0 Å². The minimum absolute atomic E-state index is 0.0519. The Bertz CT molecular complexity index is 993. The van der Waals surface area contributed by atoms with Crippen LogP contribution in [0.2, 0.25) is 0 Å². The Labute approximate surface area is 177 Å². The molecule has 0 radical (unpaired) electrons. The lowest BCUT2D eigenvalue weighted by molar-refractivity contribution is -0.134. The molecule has 2 aromatic carbocycles. The summed E-state index contributed by atoms with van der Waals surface area (Å²) < 4.78 is 32.5.